The van der Waals surface area contributed by atoms with Gasteiger partial charge in [0.15, 0.2) is 5.65 Å². The van der Waals surface area contributed by atoms with Gasteiger partial charge in [0.25, 0.3) is 0 Å². The van der Waals surface area contributed by atoms with E-state index in [9.17, 15) is 0 Å². The van der Waals surface area contributed by atoms with Crippen molar-refractivity contribution in [2.75, 3.05) is 7.11 Å². The largest absolute Gasteiger partial charge is 0.481 e. The summed E-state index contributed by atoms with van der Waals surface area (Å²) < 4.78 is 7.21. The van der Waals surface area contributed by atoms with Crippen LogP contribution in [0.25, 0.3) is 11.2 Å². The van der Waals surface area contributed by atoms with Crippen LogP contribution in [-0.2, 0) is 6.54 Å². The van der Waals surface area contributed by atoms with Gasteiger partial charge in [-0.05, 0) is 24.6 Å². The van der Waals surface area contributed by atoms with E-state index in [1.165, 1.54) is 0 Å². The number of imidazole rings is 1. The van der Waals surface area contributed by atoms with E-state index in [-0.39, 0.29) is 5.38 Å². The smallest absolute Gasteiger partial charge is 0.215 e. The number of hydrogen-bond donors (Lipinski definition) is 0. The second-order valence-corrected chi connectivity index (χ2v) is 5.38. The first-order valence-corrected chi connectivity index (χ1v) is 7.07. The third-order valence-corrected chi connectivity index (χ3v) is 3.42. The summed E-state index contributed by atoms with van der Waals surface area (Å²) in [5, 5.41) is -0.207. The molecule has 0 spiro atoms. The molecule has 1 atom stereocenters. The fourth-order valence-corrected chi connectivity index (χ4v) is 2.42. The van der Waals surface area contributed by atoms with Gasteiger partial charge >= 0.3 is 0 Å². The van der Waals surface area contributed by atoms with Crippen LogP contribution in [0.1, 0.15) is 23.7 Å². The van der Waals surface area contributed by atoms with Crippen LogP contribution in [0, 0.1) is 0 Å². The molecule has 0 saturated heterocycles. The molecule has 1 unspecified atom stereocenters. The first kappa shape index (κ1) is 13.8. The van der Waals surface area contributed by atoms with Crippen molar-refractivity contribution in [2.45, 2.75) is 18.8 Å². The molecule has 5 nitrogen and oxygen atoms in total. The van der Waals surface area contributed by atoms with E-state index in [1.807, 2.05) is 35.9 Å². The normalized spacial score (nSPS) is 12.5. The molecule has 108 valence electrons. The van der Waals surface area contributed by atoms with Gasteiger partial charge in [-0.3, -0.25) is 4.98 Å². The molecule has 0 amide bonds. The Hall–Kier alpha value is -2.14. The van der Waals surface area contributed by atoms with Crippen molar-refractivity contribution in [3.05, 3.63) is 48.0 Å². The quantitative estimate of drug-likeness (QED) is 0.695. The predicted octanol–water partition coefficient (Wildman–Crippen LogP) is 3.18. The maximum atomic E-state index is 6.26. The van der Waals surface area contributed by atoms with Crippen molar-refractivity contribution in [3.63, 3.8) is 0 Å². The minimum Gasteiger partial charge on any atom is -0.481 e. The highest BCUT2D eigenvalue weighted by Crippen LogP contribution is 2.25. The van der Waals surface area contributed by atoms with Gasteiger partial charge in [0, 0.05) is 18.5 Å². The van der Waals surface area contributed by atoms with E-state index in [0.717, 1.165) is 22.6 Å². The topological polar surface area (TPSA) is 52.8 Å². The van der Waals surface area contributed by atoms with E-state index < -0.39 is 0 Å². The molecule has 0 saturated carbocycles. The van der Waals surface area contributed by atoms with Gasteiger partial charge in [-0.25, -0.2) is 4.98 Å². The number of pyridine rings is 2. The van der Waals surface area contributed by atoms with Gasteiger partial charge in [-0.15, -0.1) is 11.6 Å². The average molecular weight is 303 g/mol. The number of fused-ring (bicyclic) bond motifs is 1. The Labute approximate surface area is 127 Å². The Balaban J connectivity index is 2.14. The molecule has 0 radical (unpaired) electrons. The summed E-state index contributed by atoms with van der Waals surface area (Å²) in [6.07, 6.45) is 3.58. The van der Waals surface area contributed by atoms with Gasteiger partial charge in [-0.1, -0.05) is 6.07 Å². The Morgan fingerprint density at radius 3 is 2.81 bits per heavy atom. The van der Waals surface area contributed by atoms with E-state index in [4.69, 9.17) is 16.3 Å². The summed E-state index contributed by atoms with van der Waals surface area (Å²) in [7, 11) is 1.60. The Morgan fingerprint density at radius 2 is 2.14 bits per heavy atom. The summed E-state index contributed by atoms with van der Waals surface area (Å²) in [4.78, 5) is 13.2. The number of methoxy groups -OCH3 is 1. The van der Waals surface area contributed by atoms with Crippen molar-refractivity contribution in [2.24, 2.45) is 0 Å². The molecule has 0 bridgehead atoms. The third-order valence-electron chi connectivity index (χ3n) is 3.22. The van der Waals surface area contributed by atoms with Crippen LogP contribution in [-0.4, -0.2) is 26.6 Å². The van der Waals surface area contributed by atoms with Gasteiger partial charge in [0.05, 0.1) is 19.0 Å². The molecule has 0 aliphatic rings. The zero-order valence-electron chi connectivity index (χ0n) is 11.8. The molecule has 3 aromatic rings. The molecule has 0 N–H and O–H groups in total. The molecule has 0 fully saturated rings. The first-order valence-electron chi connectivity index (χ1n) is 6.63. The molecule has 3 rings (SSSR count). The Bertz CT molecular complexity index is 755. The minimum absolute atomic E-state index is 0.207. The highest BCUT2D eigenvalue weighted by Gasteiger charge is 2.17. The van der Waals surface area contributed by atoms with Crippen LogP contribution >= 0.6 is 11.6 Å². The molecule has 0 aromatic carbocycles. The van der Waals surface area contributed by atoms with Crippen molar-refractivity contribution >= 4 is 22.8 Å². The fourth-order valence-electron chi connectivity index (χ4n) is 2.25. The number of rotatable bonds is 4. The molecule has 21 heavy (non-hydrogen) atoms. The molecule has 0 aliphatic heterocycles. The molecular formula is C15H15ClN4O. The number of alkyl halides is 1. The molecular weight excluding hydrogens is 288 g/mol. The molecule has 6 heteroatoms. The number of hydrogen-bond acceptors (Lipinski definition) is 4. The first-order chi connectivity index (χ1) is 10.2. The summed E-state index contributed by atoms with van der Waals surface area (Å²) in [6, 6.07) is 7.62. The Morgan fingerprint density at radius 1 is 1.29 bits per heavy atom. The lowest BCUT2D eigenvalue weighted by molar-refractivity contribution is 0.399. The third kappa shape index (κ3) is 2.69. The summed E-state index contributed by atoms with van der Waals surface area (Å²) >= 11 is 6.26. The van der Waals surface area contributed by atoms with Crippen LogP contribution < -0.4 is 4.74 Å². The maximum Gasteiger partial charge on any atom is 0.215 e. The van der Waals surface area contributed by atoms with Crippen molar-refractivity contribution < 1.29 is 4.74 Å². The van der Waals surface area contributed by atoms with E-state index in [1.54, 1.807) is 19.4 Å². The van der Waals surface area contributed by atoms with E-state index in [2.05, 4.69) is 15.0 Å². The second-order valence-electron chi connectivity index (χ2n) is 4.73. The molecule has 0 aliphatic carbocycles. The van der Waals surface area contributed by atoms with Crippen molar-refractivity contribution in [3.8, 4) is 5.88 Å². The zero-order valence-corrected chi connectivity index (χ0v) is 12.6. The monoisotopic (exact) mass is 302 g/mol. The van der Waals surface area contributed by atoms with Gasteiger partial charge < -0.3 is 9.30 Å². The SMILES string of the molecule is COc1ccc2nc(C(C)Cl)n(Cc3cccnc3)c2n1. The fraction of sp³-hybridized carbons (Fsp3) is 0.267. The number of nitrogens with zero attached hydrogens (tertiary/aromatic N) is 4. The van der Waals surface area contributed by atoms with Gasteiger partial charge in [-0.2, -0.15) is 4.98 Å². The zero-order chi connectivity index (χ0) is 14.8. The predicted molar refractivity (Wildman–Crippen MR) is 81.7 cm³/mol. The summed E-state index contributed by atoms with van der Waals surface area (Å²) in [5.41, 5.74) is 2.64. The number of aromatic nitrogens is 4. The maximum absolute atomic E-state index is 6.26. The highest BCUT2D eigenvalue weighted by atomic mass is 35.5. The van der Waals surface area contributed by atoms with E-state index in [0.29, 0.717) is 12.4 Å². The van der Waals surface area contributed by atoms with Crippen LogP contribution in [0.15, 0.2) is 36.7 Å². The standard InChI is InChI=1S/C15H15ClN4O/c1-10(16)14-18-12-5-6-13(21-2)19-15(12)20(14)9-11-4-3-7-17-8-11/h3-8,10H,9H2,1-2H3. The lowest BCUT2D eigenvalue weighted by atomic mass is 10.3. The molecule has 3 heterocycles. The average Bonchev–Trinajstić information content (AvgIpc) is 2.86. The Kier molecular flexibility index (Phi) is 3.75. The minimum atomic E-state index is -0.207. The number of halogens is 1. The molecule has 3 aromatic heterocycles. The lowest BCUT2D eigenvalue weighted by Crippen LogP contribution is -2.07. The lowest BCUT2D eigenvalue weighted by Gasteiger charge is -2.10. The van der Waals surface area contributed by atoms with Crippen molar-refractivity contribution in [1.82, 2.24) is 19.5 Å². The second kappa shape index (κ2) is 5.69. The van der Waals surface area contributed by atoms with Gasteiger partial charge in [0.2, 0.25) is 5.88 Å². The summed E-state index contributed by atoms with van der Waals surface area (Å²) in [6.45, 7) is 2.52. The highest BCUT2D eigenvalue weighted by molar-refractivity contribution is 6.20. The van der Waals surface area contributed by atoms with Crippen molar-refractivity contribution in [1.29, 1.82) is 0 Å². The van der Waals surface area contributed by atoms with Crippen LogP contribution in [0.2, 0.25) is 0 Å². The van der Waals surface area contributed by atoms with Crippen LogP contribution in [0.4, 0.5) is 0 Å². The number of ether oxygens (including phenoxy) is 1. The van der Waals surface area contributed by atoms with E-state index >= 15 is 0 Å². The summed E-state index contributed by atoms with van der Waals surface area (Å²) in [5.74, 6) is 1.35. The van der Waals surface area contributed by atoms with Gasteiger partial charge in [0.1, 0.15) is 11.3 Å². The van der Waals surface area contributed by atoms with Crippen LogP contribution in [0.5, 0.6) is 5.88 Å². The van der Waals surface area contributed by atoms with Crippen LogP contribution in [0.3, 0.4) is 0 Å².